The minimum absolute atomic E-state index is 0.176. The summed E-state index contributed by atoms with van der Waals surface area (Å²) in [6.07, 6.45) is 3.43. The third-order valence-electron chi connectivity index (χ3n) is 2.58. The first-order valence-corrected chi connectivity index (χ1v) is 5.44. The standard InChI is InChI=1S/C12H12F3N3/c1-8-16-2-4-18(8)5-3-17-11-7-9(13)6-10(14)12(11)15/h2,4,6-7,17H,3,5H2,1H3. The van der Waals surface area contributed by atoms with Crippen LogP contribution in [0.15, 0.2) is 24.5 Å². The molecule has 0 spiro atoms. The molecule has 0 aliphatic heterocycles. The van der Waals surface area contributed by atoms with E-state index in [9.17, 15) is 13.2 Å². The monoisotopic (exact) mass is 255 g/mol. The summed E-state index contributed by atoms with van der Waals surface area (Å²) in [7, 11) is 0. The first-order chi connectivity index (χ1) is 8.58. The molecule has 1 aromatic heterocycles. The van der Waals surface area contributed by atoms with Gasteiger partial charge in [-0.2, -0.15) is 0 Å². The van der Waals surface area contributed by atoms with Crippen molar-refractivity contribution < 1.29 is 13.2 Å². The van der Waals surface area contributed by atoms with Crippen molar-refractivity contribution in [3.63, 3.8) is 0 Å². The highest BCUT2D eigenvalue weighted by molar-refractivity contribution is 5.45. The summed E-state index contributed by atoms with van der Waals surface area (Å²) in [5, 5.41) is 2.66. The molecular formula is C12H12F3N3. The Morgan fingerprint density at radius 1 is 1.28 bits per heavy atom. The van der Waals surface area contributed by atoms with Gasteiger partial charge in [0.05, 0.1) is 5.69 Å². The molecule has 0 aliphatic rings. The van der Waals surface area contributed by atoms with Crippen molar-refractivity contribution in [3.8, 4) is 0 Å². The number of rotatable bonds is 4. The summed E-state index contributed by atoms with van der Waals surface area (Å²) in [5.41, 5.74) is -0.176. The van der Waals surface area contributed by atoms with Crippen molar-refractivity contribution in [2.75, 3.05) is 11.9 Å². The van der Waals surface area contributed by atoms with Gasteiger partial charge < -0.3 is 9.88 Å². The largest absolute Gasteiger partial charge is 0.381 e. The van der Waals surface area contributed by atoms with Crippen LogP contribution in [-0.2, 0) is 6.54 Å². The second-order valence-electron chi connectivity index (χ2n) is 3.84. The first kappa shape index (κ1) is 12.5. The quantitative estimate of drug-likeness (QED) is 0.851. The van der Waals surface area contributed by atoms with E-state index in [1.807, 2.05) is 11.5 Å². The summed E-state index contributed by atoms with van der Waals surface area (Å²) < 4.78 is 41.0. The smallest absolute Gasteiger partial charge is 0.182 e. The van der Waals surface area contributed by atoms with Crippen LogP contribution in [0.2, 0.25) is 0 Å². The van der Waals surface area contributed by atoms with Crippen LogP contribution < -0.4 is 5.32 Å². The number of benzene rings is 1. The molecule has 0 saturated carbocycles. The van der Waals surface area contributed by atoms with E-state index in [2.05, 4.69) is 10.3 Å². The van der Waals surface area contributed by atoms with Gasteiger partial charge in [0.2, 0.25) is 0 Å². The van der Waals surface area contributed by atoms with Gasteiger partial charge in [-0.05, 0) is 6.92 Å². The average Bonchev–Trinajstić information content (AvgIpc) is 2.71. The Morgan fingerprint density at radius 3 is 2.72 bits per heavy atom. The third-order valence-corrected chi connectivity index (χ3v) is 2.58. The number of nitrogens with one attached hydrogen (secondary N) is 1. The molecule has 2 aromatic rings. The second-order valence-corrected chi connectivity index (χ2v) is 3.84. The zero-order valence-electron chi connectivity index (χ0n) is 9.75. The van der Waals surface area contributed by atoms with E-state index in [-0.39, 0.29) is 5.69 Å². The fraction of sp³-hybridized carbons (Fsp3) is 0.250. The minimum atomic E-state index is -1.20. The van der Waals surface area contributed by atoms with Crippen LogP contribution in [0, 0.1) is 24.4 Å². The lowest BCUT2D eigenvalue weighted by Crippen LogP contribution is -2.12. The molecule has 1 heterocycles. The van der Waals surface area contributed by atoms with Crippen molar-refractivity contribution >= 4 is 5.69 Å². The Morgan fingerprint density at radius 2 is 2.06 bits per heavy atom. The van der Waals surface area contributed by atoms with E-state index in [1.165, 1.54) is 0 Å². The molecular weight excluding hydrogens is 243 g/mol. The van der Waals surface area contributed by atoms with Crippen molar-refractivity contribution in [3.05, 3.63) is 47.8 Å². The Labute approximate surface area is 102 Å². The maximum absolute atomic E-state index is 13.3. The number of nitrogens with zero attached hydrogens (tertiary/aromatic N) is 2. The van der Waals surface area contributed by atoms with Gasteiger partial charge in [0.25, 0.3) is 0 Å². The van der Waals surface area contributed by atoms with Gasteiger partial charge in [0.1, 0.15) is 11.6 Å². The number of hydrogen-bond acceptors (Lipinski definition) is 2. The summed E-state index contributed by atoms with van der Waals surface area (Å²) >= 11 is 0. The minimum Gasteiger partial charge on any atom is -0.381 e. The number of aryl methyl sites for hydroxylation is 1. The van der Waals surface area contributed by atoms with Crippen molar-refractivity contribution in [2.45, 2.75) is 13.5 Å². The first-order valence-electron chi connectivity index (χ1n) is 5.44. The Balaban J connectivity index is 2.01. The molecule has 96 valence electrons. The van der Waals surface area contributed by atoms with Crippen molar-refractivity contribution in [1.82, 2.24) is 9.55 Å². The zero-order valence-corrected chi connectivity index (χ0v) is 9.75. The normalized spacial score (nSPS) is 10.7. The van der Waals surface area contributed by atoms with Crippen LogP contribution in [0.5, 0.6) is 0 Å². The SMILES string of the molecule is Cc1nccn1CCNc1cc(F)cc(F)c1F. The van der Waals surface area contributed by atoms with E-state index in [0.29, 0.717) is 19.2 Å². The summed E-state index contributed by atoms with van der Waals surface area (Å²) in [6, 6.07) is 1.44. The number of halogens is 3. The van der Waals surface area contributed by atoms with Crippen LogP contribution >= 0.6 is 0 Å². The molecule has 0 aliphatic carbocycles. The van der Waals surface area contributed by atoms with E-state index in [4.69, 9.17) is 0 Å². The van der Waals surface area contributed by atoms with Gasteiger partial charge >= 0.3 is 0 Å². The van der Waals surface area contributed by atoms with Gasteiger partial charge in [0, 0.05) is 37.6 Å². The molecule has 18 heavy (non-hydrogen) atoms. The number of aromatic nitrogens is 2. The number of imidazole rings is 1. The molecule has 0 fully saturated rings. The molecule has 2 rings (SSSR count). The predicted molar refractivity (Wildman–Crippen MR) is 61.8 cm³/mol. The van der Waals surface area contributed by atoms with E-state index < -0.39 is 17.5 Å². The molecule has 0 amide bonds. The third kappa shape index (κ3) is 2.64. The molecule has 0 unspecified atom stereocenters. The van der Waals surface area contributed by atoms with Gasteiger partial charge in [0.15, 0.2) is 11.6 Å². The Hall–Kier alpha value is -1.98. The molecule has 0 saturated heterocycles. The highest BCUT2D eigenvalue weighted by Gasteiger charge is 2.10. The molecule has 0 radical (unpaired) electrons. The van der Waals surface area contributed by atoms with Crippen molar-refractivity contribution in [1.29, 1.82) is 0 Å². The average molecular weight is 255 g/mol. The molecule has 6 heteroatoms. The van der Waals surface area contributed by atoms with Gasteiger partial charge in [-0.15, -0.1) is 0 Å². The fourth-order valence-electron chi connectivity index (χ4n) is 1.64. The topological polar surface area (TPSA) is 29.9 Å². The van der Waals surface area contributed by atoms with E-state index in [0.717, 1.165) is 11.9 Å². The van der Waals surface area contributed by atoms with Crippen LogP contribution in [0.25, 0.3) is 0 Å². The lowest BCUT2D eigenvalue weighted by atomic mass is 10.3. The zero-order chi connectivity index (χ0) is 13.1. The lowest BCUT2D eigenvalue weighted by molar-refractivity contribution is 0.497. The van der Waals surface area contributed by atoms with Crippen LogP contribution in [0.3, 0.4) is 0 Å². The van der Waals surface area contributed by atoms with E-state index >= 15 is 0 Å². The summed E-state index contributed by atoms with van der Waals surface area (Å²) in [4.78, 5) is 4.03. The lowest BCUT2D eigenvalue weighted by Gasteiger charge is -2.09. The molecule has 0 atom stereocenters. The van der Waals surface area contributed by atoms with Crippen molar-refractivity contribution in [2.24, 2.45) is 0 Å². The summed E-state index contributed by atoms with van der Waals surface area (Å²) in [6.45, 7) is 2.71. The Bertz CT molecular complexity index is 551. The molecule has 3 nitrogen and oxygen atoms in total. The van der Waals surface area contributed by atoms with Crippen LogP contribution in [0.1, 0.15) is 5.82 Å². The van der Waals surface area contributed by atoms with E-state index in [1.54, 1.807) is 12.4 Å². The molecule has 0 bridgehead atoms. The second kappa shape index (κ2) is 5.12. The van der Waals surface area contributed by atoms with Crippen LogP contribution in [-0.4, -0.2) is 16.1 Å². The predicted octanol–water partition coefficient (Wildman–Crippen LogP) is 2.72. The maximum Gasteiger partial charge on any atom is 0.182 e. The van der Waals surface area contributed by atoms with Gasteiger partial charge in [-0.25, -0.2) is 18.2 Å². The highest BCUT2D eigenvalue weighted by Crippen LogP contribution is 2.18. The highest BCUT2D eigenvalue weighted by atomic mass is 19.2. The molecule has 1 N–H and O–H groups in total. The Kier molecular flexibility index (Phi) is 3.55. The fourth-order valence-corrected chi connectivity index (χ4v) is 1.64. The number of anilines is 1. The van der Waals surface area contributed by atoms with Gasteiger partial charge in [-0.3, -0.25) is 0 Å². The summed E-state index contributed by atoms with van der Waals surface area (Å²) in [5.74, 6) is -2.26. The van der Waals surface area contributed by atoms with Gasteiger partial charge in [-0.1, -0.05) is 0 Å². The molecule has 1 aromatic carbocycles. The number of hydrogen-bond donors (Lipinski definition) is 1. The maximum atomic E-state index is 13.3. The van der Waals surface area contributed by atoms with Crippen LogP contribution in [0.4, 0.5) is 18.9 Å².